The molecule has 104 valence electrons. The highest BCUT2D eigenvalue weighted by Gasteiger charge is 2.30. The van der Waals surface area contributed by atoms with Gasteiger partial charge in [0.05, 0.1) is 11.7 Å². The molecule has 9 heteroatoms. The van der Waals surface area contributed by atoms with Gasteiger partial charge in [0.15, 0.2) is 0 Å². The fraction of sp³-hybridized carbons (Fsp3) is 0.778. The lowest BCUT2D eigenvalue weighted by molar-refractivity contribution is -0.141. The number of carboxylic acid groups (broad SMARTS) is 1. The van der Waals surface area contributed by atoms with Crippen LogP contribution in [0.4, 0.5) is 4.79 Å². The lowest BCUT2D eigenvalue weighted by Crippen LogP contribution is -2.41. The van der Waals surface area contributed by atoms with Crippen LogP contribution in [-0.4, -0.2) is 62.9 Å². The molecule has 1 rings (SSSR count). The van der Waals surface area contributed by atoms with Crippen LogP contribution in [-0.2, 0) is 14.8 Å². The topological polar surface area (TPSA) is 116 Å². The van der Waals surface area contributed by atoms with Crippen molar-refractivity contribution < 1.29 is 23.1 Å². The fourth-order valence-corrected chi connectivity index (χ4v) is 2.23. The molecular formula is C9H17N3O5S. The molecule has 0 saturated carbocycles. The maximum absolute atomic E-state index is 11.6. The van der Waals surface area contributed by atoms with E-state index in [1.54, 1.807) is 0 Å². The molecule has 8 nitrogen and oxygen atoms in total. The van der Waals surface area contributed by atoms with Gasteiger partial charge >= 0.3 is 12.0 Å². The Kier molecular flexibility index (Phi) is 4.91. The summed E-state index contributed by atoms with van der Waals surface area (Å²) in [5.41, 5.74) is 0. The van der Waals surface area contributed by atoms with E-state index >= 15 is 0 Å². The highest BCUT2D eigenvalue weighted by atomic mass is 32.2. The molecule has 1 fully saturated rings. The Morgan fingerprint density at radius 3 is 2.61 bits per heavy atom. The molecule has 1 aliphatic rings. The standard InChI is InChI=1S/C9H17N3O5S/c1-10-18(16,17)5-3-11-9(15)12-4-2-7(6-12)8(13)14/h7,10H,2-6H2,1H3,(H,11,15)(H,13,14). The molecule has 1 unspecified atom stereocenters. The zero-order valence-electron chi connectivity index (χ0n) is 10.0. The number of carbonyl (C=O) groups is 2. The number of sulfonamides is 1. The van der Waals surface area contributed by atoms with Gasteiger partial charge in [-0.1, -0.05) is 0 Å². The van der Waals surface area contributed by atoms with Gasteiger partial charge in [0, 0.05) is 19.6 Å². The molecule has 0 aromatic rings. The van der Waals surface area contributed by atoms with Gasteiger partial charge in [0.2, 0.25) is 10.0 Å². The van der Waals surface area contributed by atoms with Crippen molar-refractivity contribution in [1.29, 1.82) is 0 Å². The van der Waals surface area contributed by atoms with Gasteiger partial charge in [-0.15, -0.1) is 0 Å². The van der Waals surface area contributed by atoms with Crippen molar-refractivity contribution in [3.8, 4) is 0 Å². The minimum atomic E-state index is -3.34. The summed E-state index contributed by atoms with van der Waals surface area (Å²) in [6.45, 7) is 0.539. The number of hydrogen-bond donors (Lipinski definition) is 3. The van der Waals surface area contributed by atoms with E-state index in [2.05, 4.69) is 10.0 Å². The summed E-state index contributed by atoms with van der Waals surface area (Å²) in [4.78, 5) is 23.7. The Hall–Kier alpha value is -1.35. The predicted octanol–water partition coefficient (Wildman–Crippen LogP) is -1.35. The second-order valence-electron chi connectivity index (χ2n) is 4.02. The van der Waals surface area contributed by atoms with E-state index in [-0.39, 0.29) is 18.8 Å². The lowest BCUT2D eigenvalue weighted by Gasteiger charge is -2.16. The molecule has 2 amide bonds. The number of hydrogen-bond acceptors (Lipinski definition) is 4. The molecule has 0 radical (unpaired) electrons. The maximum atomic E-state index is 11.6. The van der Waals surface area contributed by atoms with E-state index < -0.39 is 27.9 Å². The quantitative estimate of drug-likeness (QED) is 0.575. The van der Waals surface area contributed by atoms with Crippen molar-refractivity contribution in [2.45, 2.75) is 6.42 Å². The van der Waals surface area contributed by atoms with Crippen LogP contribution in [0.15, 0.2) is 0 Å². The third kappa shape index (κ3) is 4.15. The number of aliphatic carboxylic acids is 1. The van der Waals surface area contributed by atoms with Gasteiger partial charge in [-0.25, -0.2) is 17.9 Å². The van der Waals surface area contributed by atoms with E-state index in [0.29, 0.717) is 13.0 Å². The number of nitrogens with zero attached hydrogens (tertiary/aromatic N) is 1. The lowest BCUT2D eigenvalue weighted by atomic mass is 10.1. The molecule has 3 N–H and O–H groups in total. The molecule has 0 spiro atoms. The molecule has 1 atom stereocenters. The number of carbonyl (C=O) groups excluding carboxylic acids is 1. The molecule has 0 aliphatic carbocycles. The zero-order valence-corrected chi connectivity index (χ0v) is 10.9. The average Bonchev–Trinajstić information content (AvgIpc) is 2.78. The van der Waals surface area contributed by atoms with Crippen molar-refractivity contribution in [2.75, 3.05) is 32.4 Å². The number of likely N-dealkylation sites (tertiary alicyclic amines) is 1. The number of urea groups is 1. The number of amides is 2. The summed E-state index contributed by atoms with van der Waals surface area (Å²) in [7, 11) is -2.04. The molecule has 1 aliphatic heterocycles. The second-order valence-corrected chi connectivity index (χ2v) is 6.07. The van der Waals surface area contributed by atoms with E-state index in [1.807, 2.05) is 0 Å². The summed E-state index contributed by atoms with van der Waals surface area (Å²) in [5, 5.41) is 11.2. The molecule has 0 aromatic heterocycles. The van der Waals surface area contributed by atoms with Crippen LogP contribution in [0.3, 0.4) is 0 Å². The molecular weight excluding hydrogens is 262 g/mol. The Morgan fingerprint density at radius 1 is 1.44 bits per heavy atom. The van der Waals surface area contributed by atoms with E-state index in [9.17, 15) is 18.0 Å². The van der Waals surface area contributed by atoms with Crippen molar-refractivity contribution in [2.24, 2.45) is 5.92 Å². The maximum Gasteiger partial charge on any atom is 0.317 e. The van der Waals surface area contributed by atoms with Crippen LogP contribution in [0, 0.1) is 5.92 Å². The predicted molar refractivity (Wildman–Crippen MR) is 63.6 cm³/mol. The van der Waals surface area contributed by atoms with Gasteiger partial charge < -0.3 is 15.3 Å². The van der Waals surface area contributed by atoms with Gasteiger partial charge in [-0.05, 0) is 13.5 Å². The Balaban J connectivity index is 2.33. The van der Waals surface area contributed by atoms with Crippen LogP contribution in [0.2, 0.25) is 0 Å². The number of nitrogens with one attached hydrogen (secondary N) is 2. The van der Waals surface area contributed by atoms with Gasteiger partial charge in [-0.2, -0.15) is 0 Å². The van der Waals surface area contributed by atoms with Crippen LogP contribution < -0.4 is 10.0 Å². The van der Waals surface area contributed by atoms with E-state index in [4.69, 9.17) is 5.11 Å². The van der Waals surface area contributed by atoms with Crippen LogP contribution >= 0.6 is 0 Å². The third-order valence-corrected chi connectivity index (χ3v) is 4.15. The second kappa shape index (κ2) is 6.01. The first-order valence-electron chi connectivity index (χ1n) is 5.52. The first-order valence-corrected chi connectivity index (χ1v) is 7.18. The van der Waals surface area contributed by atoms with Gasteiger partial charge in [0.1, 0.15) is 0 Å². The Bertz CT molecular complexity index is 422. The highest BCUT2D eigenvalue weighted by Crippen LogP contribution is 2.15. The third-order valence-electron chi connectivity index (χ3n) is 2.78. The molecule has 1 saturated heterocycles. The van der Waals surface area contributed by atoms with Crippen LogP contribution in [0.5, 0.6) is 0 Å². The Labute approximate surface area is 105 Å². The first kappa shape index (κ1) is 14.7. The van der Waals surface area contributed by atoms with Crippen LogP contribution in [0.25, 0.3) is 0 Å². The summed E-state index contributed by atoms with van der Waals surface area (Å²) in [6, 6.07) is -0.426. The SMILES string of the molecule is CNS(=O)(=O)CCNC(=O)N1CCC(C(=O)O)C1. The van der Waals surface area contributed by atoms with Gasteiger partial charge in [0.25, 0.3) is 0 Å². The summed E-state index contributed by atoms with van der Waals surface area (Å²) < 4.78 is 24.3. The minimum Gasteiger partial charge on any atom is -0.481 e. The average molecular weight is 279 g/mol. The number of carboxylic acids is 1. The normalized spacial score (nSPS) is 19.8. The van der Waals surface area contributed by atoms with E-state index in [0.717, 1.165) is 0 Å². The molecule has 18 heavy (non-hydrogen) atoms. The van der Waals surface area contributed by atoms with E-state index in [1.165, 1.54) is 11.9 Å². The molecule has 0 aromatic carbocycles. The Morgan fingerprint density at radius 2 is 2.11 bits per heavy atom. The minimum absolute atomic E-state index is 0.00373. The number of rotatable bonds is 5. The smallest absolute Gasteiger partial charge is 0.317 e. The summed E-state index contributed by atoms with van der Waals surface area (Å²) in [5.74, 6) is -1.65. The molecule has 0 bridgehead atoms. The molecule has 1 heterocycles. The fourth-order valence-electron chi connectivity index (χ4n) is 1.65. The van der Waals surface area contributed by atoms with Crippen LogP contribution in [0.1, 0.15) is 6.42 Å². The van der Waals surface area contributed by atoms with Crippen molar-refractivity contribution in [1.82, 2.24) is 14.9 Å². The first-order chi connectivity index (χ1) is 8.35. The highest BCUT2D eigenvalue weighted by molar-refractivity contribution is 7.89. The van der Waals surface area contributed by atoms with Crippen molar-refractivity contribution in [3.63, 3.8) is 0 Å². The van der Waals surface area contributed by atoms with Gasteiger partial charge in [-0.3, -0.25) is 4.79 Å². The monoisotopic (exact) mass is 279 g/mol. The summed E-state index contributed by atoms with van der Waals surface area (Å²) in [6.07, 6.45) is 0.428. The largest absolute Gasteiger partial charge is 0.481 e. The zero-order chi connectivity index (χ0) is 13.8. The van der Waals surface area contributed by atoms with Crippen molar-refractivity contribution >= 4 is 22.0 Å². The summed E-state index contributed by atoms with van der Waals surface area (Å²) >= 11 is 0. The van der Waals surface area contributed by atoms with Crippen molar-refractivity contribution in [3.05, 3.63) is 0 Å².